The van der Waals surface area contributed by atoms with E-state index in [0.29, 0.717) is 22.4 Å². The van der Waals surface area contributed by atoms with Crippen molar-refractivity contribution in [1.82, 2.24) is 9.97 Å². The number of nitrogens with two attached hydrogens (primary N) is 1. The fourth-order valence-electron chi connectivity index (χ4n) is 1.97. The van der Waals surface area contributed by atoms with E-state index in [1.54, 1.807) is 6.20 Å². The van der Waals surface area contributed by atoms with E-state index >= 15 is 0 Å². The van der Waals surface area contributed by atoms with Crippen molar-refractivity contribution in [2.75, 3.05) is 12.8 Å². The predicted molar refractivity (Wildman–Crippen MR) is 91.9 cm³/mol. The molecule has 1 aliphatic rings. The number of hydrogen-bond acceptors (Lipinski definition) is 6. The van der Waals surface area contributed by atoms with Gasteiger partial charge in [-0.2, -0.15) is 0 Å². The molecule has 0 spiro atoms. The Balaban J connectivity index is 2.29. The summed E-state index contributed by atoms with van der Waals surface area (Å²) >= 11 is 7.64. The molecular weight excluding hydrogens is 321 g/mol. The molecule has 0 saturated carbocycles. The van der Waals surface area contributed by atoms with Crippen molar-refractivity contribution in [2.24, 2.45) is 5.73 Å². The van der Waals surface area contributed by atoms with Crippen LogP contribution in [0.25, 0.3) is 6.08 Å². The van der Waals surface area contributed by atoms with E-state index in [9.17, 15) is 0 Å². The first-order chi connectivity index (χ1) is 10.2. The monoisotopic (exact) mass is 341 g/mol. The van der Waals surface area contributed by atoms with Crippen LogP contribution in [0.1, 0.15) is 33.3 Å². The molecule has 0 radical (unpaired) electrons. The highest BCUT2D eigenvalue weighted by atomic mass is 35.5. The highest BCUT2D eigenvalue weighted by Crippen LogP contribution is 2.38. The molecule has 2 rings (SSSR count). The fourth-order valence-corrected chi connectivity index (χ4v) is 2.54. The van der Waals surface area contributed by atoms with Crippen molar-refractivity contribution < 1.29 is 9.31 Å². The van der Waals surface area contributed by atoms with Gasteiger partial charge in [-0.05, 0) is 39.4 Å². The first kappa shape index (κ1) is 17.8. The predicted octanol–water partition coefficient (Wildman–Crippen LogP) is 2.83. The van der Waals surface area contributed by atoms with E-state index in [1.807, 2.05) is 40.0 Å². The number of rotatable bonds is 4. The van der Waals surface area contributed by atoms with Gasteiger partial charge in [0.05, 0.1) is 11.2 Å². The van der Waals surface area contributed by atoms with Gasteiger partial charge in [-0.15, -0.1) is 0 Å². The number of nitrogens with zero attached hydrogens (tertiary/aromatic N) is 2. The summed E-state index contributed by atoms with van der Waals surface area (Å²) in [6, 6.07) is 0. The Kier molecular flexibility index (Phi) is 5.24. The first-order valence-corrected chi connectivity index (χ1v) is 8.63. The van der Waals surface area contributed by atoms with Crippen LogP contribution < -0.4 is 5.73 Å². The van der Waals surface area contributed by atoms with E-state index in [2.05, 4.69) is 9.97 Å². The first-order valence-electron chi connectivity index (χ1n) is 7.03. The summed E-state index contributed by atoms with van der Waals surface area (Å²) < 4.78 is 12.0. The van der Waals surface area contributed by atoms with Gasteiger partial charge in [-0.25, -0.2) is 9.97 Å². The zero-order valence-electron chi connectivity index (χ0n) is 13.5. The molecule has 2 heterocycles. The maximum atomic E-state index is 6.20. The zero-order valence-corrected chi connectivity index (χ0v) is 15.1. The van der Waals surface area contributed by atoms with Gasteiger partial charge in [0.25, 0.3) is 0 Å². The Labute approximate surface area is 141 Å². The molecule has 0 aliphatic carbocycles. The van der Waals surface area contributed by atoms with Gasteiger partial charge in [0, 0.05) is 18.3 Å². The fraction of sp³-hybridized carbons (Fsp3) is 0.571. The van der Waals surface area contributed by atoms with Crippen LogP contribution >= 0.6 is 23.4 Å². The van der Waals surface area contributed by atoms with Crippen LogP contribution in [0.3, 0.4) is 0 Å². The molecule has 8 heteroatoms. The number of hydrogen-bond donors (Lipinski definition) is 1. The van der Waals surface area contributed by atoms with E-state index in [4.69, 9.17) is 26.6 Å². The molecule has 22 heavy (non-hydrogen) atoms. The Morgan fingerprint density at radius 2 is 1.95 bits per heavy atom. The van der Waals surface area contributed by atoms with Gasteiger partial charge in [0.2, 0.25) is 0 Å². The van der Waals surface area contributed by atoms with Crippen LogP contribution in [-0.2, 0) is 9.31 Å². The zero-order chi connectivity index (χ0) is 16.5. The smallest absolute Gasteiger partial charge is 0.400 e. The Bertz CT molecular complexity index is 579. The second-order valence-corrected chi connectivity index (χ2v) is 7.25. The van der Waals surface area contributed by atoms with Gasteiger partial charge < -0.3 is 15.0 Å². The average Bonchev–Trinajstić information content (AvgIpc) is 2.65. The van der Waals surface area contributed by atoms with E-state index in [0.717, 1.165) is 5.47 Å². The number of aromatic nitrogens is 2. The topological polar surface area (TPSA) is 70.3 Å². The van der Waals surface area contributed by atoms with Gasteiger partial charge in [0.1, 0.15) is 5.15 Å². The van der Waals surface area contributed by atoms with Crippen LogP contribution in [0.5, 0.6) is 0 Å². The molecule has 0 unspecified atom stereocenters. The van der Waals surface area contributed by atoms with Crippen molar-refractivity contribution in [2.45, 2.75) is 44.1 Å². The molecular formula is C14H21BClN3O2S. The van der Waals surface area contributed by atoms with Crippen molar-refractivity contribution in [3.63, 3.8) is 0 Å². The van der Waals surface area contributed by atoms with Gasteiger partial charge >= 0.3 is 7.12 Å². The molecule has 1 aromatic heterocycles. The minimum absolute atomic E-state index is 0.303. The minimum Gasteiger partial charge on any atom is -0.400 e. The lowest BCUT2D eigenvalue weighted by Crippen LogP contribution is -2.41. The molecule has 0 amide bonds. The summed E-state index contributed by atoms with van der Waals surface area (Å²) in [4.78, 5) is 8.44. The lowest BCUT2D eigenvalue weighted by Gasteiger charge is -2.32. The molecule has 0 bridgehead atoms. The normalized spacial score (nSPS) is 20.5. The summed E-state index contributed by atoms with van der Waals surface area (Å²) in [6.45, 7) is 8.32. The molecule has 0 atom stereocenters. The maximum absolute atomic E-state index is 6.20. The van der Waals surface area contributed by atoms with Crippen LogP contribution in [0.15, 0.2) is 16.8 Å². The van der Waals surface area contributed by atoms with Crippen molar-refractivity contribution in [3.8, 4) is 0 Å². The summed E-state index contributed by atoms with van der Waals surface area (Å²) in [5.41, 5.74) is 6.56. The second-order valence-electron chi connectivity index (χ2n) is 6.11. The Morgan fingerprint density at radius 3 is 2.41 bits per heavy atom. The van der Waals surface area contributed by atoms with Crippen LogP contribution in [-0.4, -0.2) is 41.1 Å². The van der Waals surface area contributed by atoms with E-state index < -0.39 is 18.3 Å². The molecule has 1 saturated heterocycles. The largest absolute Gasteiger partial charge is 0.491 e. The molecule has 120 valence electrons. The lowest BCUT2D eigenvalue weighted by atomic mass is 9.77. The van der Waals surface area contributed by atoms with Crippen molar-refractivity contribution in [1.29, 1.82) is 0 Å². The van der Waals surface area contributed by atoms with E-state index in [-0.39, 0.29) is 0 Å². The molecule has 0 aromatic carbocycles. The van der Waals surface area contributed by atoms with Gasteiger partial charge in [0.15, 0.2) is 5.16 Å². The van der Waals surface area contributed by atoms with Crippen molar-refractivity contribution >= 4 is 36.6 Å². The number of halogens is 1. The van der Waals surface area contributed by atoms with Crippen molar-refractivity contribution in [3.05, 3.63) is 22.4 Å². The number of thioether (sulfide) groups is 1. The molecule has 1 aromatic rings. The lowest BCUT2D eigenvalue weighted by molar-refractivity contribution is 0.00578. The molecule has 5 nitrogen and oxygen atoms in total. The molecule has 2 N–H and O–H groups in total. The Hall–Kier alpha value is -0.595. The van der Waals surface area contributed by atoms with Gasteiger partial charge in [-0.3, -0.25) is 0 Å². The van der Waals surface area contributed by atoms with E-state index in [1.165, 1.54) is 11.8 Å². The summed E-state index contributed by atoms with van der Waals surface area (Å²) in [6.07, 6.45) is 5.42. The third-order valence-electron chi connectivity index (χ3n) is 4.06. The quantitative estimate of drug-likeness (QED) is 0.393. The molecule has 1 fully saturated rings. The summed E-state index contributed by atoms with van der Waals surface area (Å²) in [5.74, 6) is 0. The summed E-state index contributed by atoms with van der Waals surface area (Å²) in [7, 11) is -0.494. The third kappa shape index (κ3) is 3.49. The Morgan fingerprint density at radius 1 is 1.36 bits per heavy atom. The standard InChI is InChI=1S/C14H21BClN3O2S/c1-13(2)14(3,4)21-15(20-13)10(7-17)6-9-8-18-12(22-5)19-11(9)16/h6,8H,7,17H2,1-5H3. The minimum atomic E-state index is -0.494. The third-order valence-corrected chi connectivity index (χ3v) is 4.93. The second kappa shape index (κ2) is 6.49. The van der Waals surface area contributed by atoms with Crippen LogP contribution in [0.4, 0.5) is 0 Å². The van der Waals surface area contributed by atoms with Gasteiger partial charge in [-0.1, -0.05) is 29.4 Å². The maximum Gasteiger partial charge on any atom is 0.491 e. The highest BCUT2D eigenvalue weighted by molar-refractivity contribution is 7.98. The highest BCUT2D eigenvalue weighted by Gasteiger charge is 2.52. The van der Waals surface area contributed by atoms with Crippen LogP contribution in [0, 0.1) is 0 Å². The summed E-state index contributed by atoms with van der Waals surface area (Å²) in [5, 5.41) is 1.02. The SMILES string of the molecule is CSc1ncc(C=C(CN)B2OC(C)(C)C(C)(C)O2)c(Cl)n1. The average molecular weight is 342 g/mol. The van der Waals surface area contributed by atoms with Crippen LogP contribution in [0.2, 0.25) is 5.15 Å². The molecule has 1 aliphatic heterocycles.